The van der Waals surface area contributed by atoms with E-state index in [1.165, 1.54) is 0 Å². The predicted octanol–water partition coefficient (Wildman–Crippen LogP) is 2.77. The zero-order chi connectivity index (χ0) is 12.7. The van der Waals surface area contributed by atoms with Crippen LogP contribution in [0.3, 0.4) is 0 Å². The third-order valence-corrected chi connectivity index (χ3v) is 3.09. The number of carbonyl (C=O) groups excluding carboxylic acids is 1. The fourth-order valence-corrected chi connectivity index (χ4v) is 1.97. The van der Waals surface area contributed by atoms with Gasteiger partial charge in [0.1, 0.15) is 12.0 Å². The van der Waals surface area contributed by atoms with E-state index in [1.54, 1.807) is 0 Å². The van der Waals surface area contributed by atoms with Crippen molar-refractivity contribution in [1.82, 2.24) is 0 Å². The molecule has 0 unspecified atom stereocenters. The number of ether oxygens (including phenoxy) is 1. The smallest absolute Gasteiger partial charge is 0.415 e. The summed E-state index contributed by atoms with van der Waals surface area (Å²) >= 11 is -0.607. The molecule has 17 heavy (non-hydrogen) atoms. The molecule has 0 aromatic rings. The molecule has 1 saturated carbocycles. The van der Waals surface area contributed by atoms with Crippen molar-refractivity contribution < 1.29 is 32.9 Å². The molecule has 0 atom stereocenters. The van der Waals surface area contributed by atoms with Gasteiger partial charge in [-0.3, -0.25) is 0 Å². The summed E-state index contributed by atoms with van der Waals surface area (Å²) < 4.78 is 33.9. The van der Waals surface area contributed by atoms with Crippen molar-refractivity contribution in [3.8, 4) is 0 Å². The molecule has 100 valence electrons. The first kappa shape index (κ1) is 14.6. The highest BCUT2D eigenvalue weighted by atomic mass is 32.2. The van der Waals surface area contributed by atoms with Crippen LogP contribution in [0.15, 0.2) is 0 Å². The summed E-state index contributed by atoms with van der Waals surface area (Å²) in [5.74, 6) is -1.53. The number of hydrogen-bond donors (Lipinski definition) is 1. The Labute approximate surface area is 101 Å². The van der Waals surface area contributed by atoms with Crippen molar-refractivity contribution in [3.05, 3.63) is 0 Å². The summed E-state index contributed by atoms with van der Waals surface area (Å²) in [7, 11) is 0. The van der Waals surface area contributed by atoms with E-state index in [-0.39, 0.29) is 12.5 Å². The fraction of sp³-hybridized carbons (Fsp3) is 0.889. The minimum absolute atomic E-state index is 0.00499. The Morgan fingerprint density at radius 1 is 1.35 bits per heavy atom. The molecule has 0 heterocycles. The maximum absolute atomic E-state index is 12.9. The first-order valence-corrected chi connectivity index (χ1v) is 6.01. The Hall–Kier alpha value is -0.440. The van der Waals surface area contributed by atoms with Crippen LogP contribution in [0.25, 0.3) is 0 Å². The average Bonchev–Trinajstić information content (AvgIpc) is 2.34. The van der Waals surface area contributed by atoms with Gasteiger partial charge in [-0.15, -0.1) is 4.33 Å². The molecule has 0 spiro atoms. The van der Waals surface area contributed by atoms with Crippen LogP contribution < -0.4 is 0 Å². The summed E-state index contributed by atoms with van der Waals surface area (Å²) in [4.78, 5) is 11.0. The molecule has 0 radical (unpaired) electrons. The maximum Gasteiger partial charge on any atom is 0.415 e. The highest BCUT2D eigenvalue weighted by molar-refractivity contribution is 7.96. The van der Waals surface area contributed by atoms with Gasteiger partial charge in [-0.25, -0.2) is 10.1 Å². The number of carbonyl (C=O) groups is 1. The standard InChI is InChI=1S/C9H14F2O5S/c10-9(11,17-16-15-13)8(12)14-6-7-4-2-1-3-5-7/h7,13H,1-6H2. The summed E-state index contributed by atoms with van der Waals surface area (Å²) in [6.45, 7) is -0.00499. The second-order valence-electron chi connectivity index (χ2n) is 3.85. The van der Waals surface area contributed by atoms with Gasteiger partial charge in [0, 0.05) is 0 Å². The Bertz CT molecular complexity index is 246. The molecular formula is C9H14F2O5S. The van der Waals surface area contributed by atoms with Crippen molar-refractivity contribution in [2.75, 3.05) is 6.61 Å². The third kappa shape index (κ3) is 5.15. The van der Waals surface area contributed by atoms with E-state index in [0.29, 0.717) is 0 Å². The van der Waals surface area contributed by atoms with E-state index in [4.69, 9.17) is 5.26 Å². The molecule has 0 amide bonds. The van der Waals surface area contributed by atoms with E-state index in [0.717, 1.165) is 32.1 Å². The monoisotopic (exact) mass is 272 g/mol. The maximum atomic E-state index is 12.9. The van der Waals surface area contributed by atoms with Crippen molar-refractivity contribution in [2.24, 2.45) is 5.92 Å². The van der Waals surface area contributed by atoms with Crippen LogP contribution in [0.4, 0.5) is 8.78 Å². The van der Waals surface area contributed by atoms with Gasteiger partial charge in [0.2, 0.25) is 0 Å². The summed E-state index contributed by atoms with van der Waals surface area (Å²) in [6.07, 6.45) is 4.99. The van der Waals surface area contributed by atoms with Crippen molar-refractivity contribution in [2.45, 2.75) is 37.4 Å². The molecule has 1 fully saturated rings. The summed E-state index contributed by atoms with van der Waals surface area (Å²) in [5.41, 5.74) is 0. The number of alkyl halides is 2. The lowest BCUT2D eigenvalue weighted by Crippen LogP contribution is -2.29. The van der Waals surface area contributed by atoms with Gasteiger partial charge in [-0.05, 0) is 18.8 Å². The van der Waals surface area contributed by atoms with Gasteiger partial charge in [-0.2, -0.15) is 8.78 Å². The van der Waals surface area contributed by atoms with Gasteiger partial charge in [0.15, 0.2) is 0 Å². The van der Waals surface area contributed by atoms with Crippen LogP contribution in [-0.2, 0) is 18.9 Å². The van der Waals surface area contributed by atoms with Crippen LogP contribution in [0, 0.1) is 5.92 Å². The second kappa shape index (κ2) is 7.10. The fourth-order valence-electron chi connectivity index (χ4n) is 1.72. The van der Waals surface area contributed by atoms with Gasteiger partial charge in [0.25, 0.3) is 0 Å². The highest BCUT2D eigenvalue weighted by Gasteiger charge is 2.44. The molecule has 5 nitrogen and oxygen atoms in total. The Morgan fingerprint density at radius 2 is 2.00 bits per heavy atom. The van der Waals surface area contributed by atoms with Crippen LogP contribution in [0.5, 0.6) is 0 Å². The molecular weight excluding hydrogens is 258 g/mol. The van der Waals surface area contributed by atoms with Gasteiger partial charge in [0.05, 0.1) is 6.61 Å². The first-order chi connectivity index (χ1) is 8.06. The van der Waals surface area contributed by atoms with Crippen LogP contribution in [0.2, 0.25) is 0 Å². The minimum Gasteiger partial charge on any atom is -0.460 e. The number of halogens is 2. The van der Waals surface area contributed by atoms with Gasteiger partial charge < -0.3 is 4.74 Å². The van der Waals surface area contributed by atoms with Crippen molar-refractivity contribution >= 4 is 18.0 Å². The largest absolute Gasteiger partial charge is 0.460 e. The molecule has 0 saturated heterocycles. The van der Waals surface area contributed by atoms with E-state index >= 15 is 0 Å². The number of rotatable bonds is 6. The lowest BCUT2D eigenvalue weighted by molar-refractivity contribution is -0.433. The highest BCUT2D eigenvalue weighted by Crippen LogP contribution is 2.32. The molecule has 1 N–H and O–H groups in total. The second-order valence-corrected chi connectivity index (χ2v) is 4.66. The Balaban J connectivity index is 2.27. The lowest BCUT2D eigenvalue weighted by Gasteiger charge is -2.21. The first-order valence-electron chi connectivity index (χ1n) is 5.27. The van der Waals surface area contributed by atoms with Crippen LogP contribution in [0.1, 0.15) is 32.1 Å². The minimum atomic E-state index is -3.89. The molecule has 1 aliphatic rings. The third-order valence-electron chi connectivity index (χ3n) is 2.58. The SMILES string of the molecule is O=C(OCC1CCCCC1)C(F)(F)SOOO. The zero-order valence-corrected chi connectivity index (χ0v) is 9.88. The normalized spacial score (nSPS) is 18.1. The van der Waals surface area contributed by atoms with Crippen molar-refractivity contribution in [1.29, 1.82) is 0 Å². The zero-order valence-electron chi connectivity index (χ0n) is 9.06. The van der Waals surface area contributed by atoms with Crippen LogP contribution in [-0.4, -0.2) is 23.1 Å². The molecule has 8 heteroatoms. The quantitative estimate of drug-likeness (QED) is 0.347. The van der Waals surface area contributed by atoms with E-state index < -0.39 is 23.3 Å². The van der Waals surface area contributed by atoms with E-state index in [9.17, 15) is 13.6 Å². The molecule has 1 aliphatic carbocycles. The Kier molecular flexibility index (Phi) is 6.10. The predicted molar refractivity (Wildman–Crippen MR) is 54.9 cm³/mol. The molecule has 0 aliphatic heterocycles. The molecule has 0 aromatic heterocycles. The molecule has 1 rings (SSSR count). The van der Waals surface area contributed by atoms with Gasteiger partial charge in [-0.1, -0.05) is 24.3 Å². The summed E-state index contributed by atoms with van der Waals surface area (Å²) in [5, 5.41) is 6.82. The molecule has 0 aromatic carbocycles. The molecule has 0 bridgehead atoms. The van der Waals surface area contributed by atoms with Crippen LogP contribution >= 0.6 is 12.0 Å². The van der Waals surface area contributed by atoms with E-state index in [2.05, 4.69) is 14.1 Å². The topological polar surface area (TPSA) is 65.0 Å². The summed E-state index contributed by atoms with van der Waals surface area (Å²) in [6, 6.07) is 0. The number of esters is 1. The van der Waals surface area contributed by atoms with E-state index in [1.807, 2.05) is 0 Å². The average molecular weight is 272 g/mol. The Morgan fingerprint density at radius 3 is 2.59 bits per heavy atom. The van der Waals surface area contributed by atoms with Gasteiger partial charge >= 0.3 is 11.2 Å². The van der Waals surface area contributed by atoms with Crippen molar-refractivity contribution in [3.63, 3.8) is 0 Å². The number of hydrogen-bond acceptors (Lipinski definition) is 6. The lowest BCUT2D eigenvalue weighted by atomic mass is 9.90.